The fraction of sp³-hybridized carbons (Fsp3) is 1.00. The largest absolute Gasteiger partial charge is 0.381 e. The lowest BCUT2D eigenvalue weighted by Crippen LogP contribution is -2.43. The molecular weight excluding hydrogens is 200 g/mol. The maximum absolute atomic E-state index is 5.52. The average Bonchev–Trinajstić information content (AvgIpc) is 2.27. The van der Waals surface area contributed by atoms with Crippen LogP contribution < -0.4 is 5.32 Å². The SMILES string of the molecule is CNC(CN(C)CC1CCCOC1)C(C)C. The molecule has 0 aromatic heterocycles. The van der Waals surface area contributed by atoms with Crippen molar-refractivity contribution in [3.05, 3.63) is 0 Å². The van der Waals surface area contributed by atoms with Crippen molar-refractivity contribution in [3.8, 4) is 0 Å². The van der Waals surface area contributed by atoms with Crippen LogP contribution in [-0.4, -0.2) is 51.3 Å². The summed E-state index contributed by atoms with van der Waals surface area (Å²) in [7, 11) is 4.28. The number of rotatable bonds is 6. The maximum Gasteiger partial charge on any atom is 0.0506 e. The summed E-state index contributed by atoms with van der Waals surface area (Å²) in [4.78, 5) is 2.44. The van der Waals surface area contributed by atoms with E-state index in [4.69, 9.17) is 4.74 Å². The van der Waals surface area contributed by atoms with E-state index in [1.54, 1.807) is 0 Å². The minimum absolute atomic E-state index is 0.592. The van der Waals surface area contributed by atoms with Gasteiger partial charge in [-0.1, -0.05) is 13.8 Å². The minimum atomic E-state index is 0.592. The van der Waals surface area contributed by atoms with Crippen molar-refractivity contribution >= 4 is 0 Å². The van der Waals surface area contributed by atoms with Crippen molar-refractivity contribution in [1.29, 1.82) is 0 Å². The zero-order valence-electron chi connectivity index (χ0n) is 11.3. The summed E-state index contributed by atoms with van der Waals surface area (Å²) in [5, 5.41) is 3.40. The van der Waals surface area contributed by atoms with Crippen molar-refractivity contribution in [3.63, 3.8) is 0 Å². The van der Waals surface area contributed by atoms with Crippen LogP contribution in [0, 0.1) is 11.8 Å². The summed E-state index contributed by atoms with van der Waals surface area (Å²) in [5.74, 6) is 1.43. The van der Waals surface area contributed by atoms with Gasteiger partial charge in [0, 0.05) is 25.7 Å². The van der Waals surface area contributed by atoms with Crippen molar-refractivity contribution < 1.29 is 4.74 Å². The molecule has 96 valence electrons. The Kier molecular flexibility index (Phi) is 6.32. The highest BCUT2D eigenvalue weighted by molar-refractivity contribution is 4.74. The molecule has 0 bridgehead atoms. The molecule has 1 heterocycles. The second-order valence-electron chi connectivity index (χ2n) is 5.44. The first-order chi connectivity index (χ1) is 7.63. The van der Waals surface area contributed by atoms with E-state index in [-0.39, 0.29) is 0 Å². The Labute approximate surface area is 101 Å². The molecule has 1 N–H and O–H groups in total. The van der Waals surface area contributed by atoms with Crippen molar-refractivity contribution in [2.24, 2.45) is 11.8 Å². The molecule has 0 saturated carbocycles. The molecule has 1 fully saturated rings. The summed E-state index contributed by atoms with van der Waals surface area (Å²) in [5.41, 5.74) is 0. The maximum atomic E-state index is 5.52. The number of hydrogen-bond donors (Lipinski definition) is 1. The van der Waals surface area contributed by atoms with Crippen LogP contribution in [-0.2, 0) is 4.74 Å². The molecule has 1 rings (SSSR count). The van der Waals surface area contributed by atoms with Crippen molar-refractivity contribution in [1.82, 2.24) is 10.2 Å². The number of likely N-dealkylation sites (N-methyl/N-ethyl adjacent to an activating group) is 2. The molecular formula is C13H28N2O. The van der Waals surface area contributed by atoms with Gasteiger partial charge in [-0.25, -0.2) is 0 Å². The van der Waals surface area contributed by atoms with Gasteiger partial charge < -0.3 is 15.0 Å². The zero-order chi connectivity index (χ0) is 12.0. The normalized spacial score (nSPS) is 24.0. The number of nitrogens with one attached hydrogen (secondary N) is 1. The van der Waals surface area contributed by atoms with Crippen LogP contribution in [0.5, 0.6) is 0 Å². The molecule has 1 aliphatic heterocycles. The molecule has 0 radical (unpaired) electrons. The molecule has 0 spiro atoms. The lowest BCUT2D eigenvalue weighted by Gasteiger charge is -2.30. The van der Waals surface area contributed by atoms with E-state index in [1.165, 1.54) is 19.4 Å². The van der Waals surface area contributed by atoms with E-state index in [0.29, 0.717) is 12.0 Å². The lowest BCUT2D eigenvalue weighted by atomic mass is 10.0. The van der Waals surface area contributed by atoms with Crippen LogP contribution in [0.2, 0.25) is 0 Å². The molecule has 2 unspecified atom stereocenters. The average molecular weight is 228 g/mol. The van der Waals surface area contributed by atoms with Crippen LogP contribution in [0.3, 0.4) is 0 Å². The fourth-order valence-corrected chi connectivity index (χ4v) is 2.44. The predicted molar refractivity (Wildman–Crippen MR) is 68.7 cm³/mol. The monoisotopic (exact) mass is 228 g/mol. The van der Waals surface area contributed by atoms with Gasteiger partial charge in [0.2, 0.25) is 0 Å². The fourth-order valence-electron chi connectivity index (χ4n) is 2.44. The predicted octanol–water partition coefficient (Wildman–Crippen LogP) is 1.59. The van der Waals surface area contributed by atoms with E-state index in [0.717, 1.165) is 25.7 Å². The van der Waals surface area contributed by atoms with Crippen molar-refractivity contribution in [2.45, 2.75) is 32.7 Å². The van der Waals surface area contributed by atoms with E-state index in [2.05, 4.69) is 38.2 Å². The Hall–Kier alpha value is -0.120. The second-order valence-corrected chi connectivity index (χ2v) is 5.44. The molecule has 16 heavy (non-hydrogen) atoms. The smallest absolute Gasteiger partial charge is 0.0506 e. The molecule has 3 nitrogen and oxygen atoms in total. The zero-order valence-corrected chi connectivity index (χ0v) is 11.3. The van der Waals surface area contributed by atoms with Crippen LogP contribution in [0.1, 0.15) is 26.7 Å². The molecule has 0 amide bonds. The van der Waals surface area contributed by atoms with Crippen LogP contribution in [0.25, 0.3) is 0 Å². The Morgan fingerprint density at radius 1 is 1.44 bits per heavy atom. The highest BCUT2D eigenvalue weighted by Gasteiger charge is 2.18. The molecule has 3 heteroatoms. The Morgan fingerprint density at radius 3 is 2.69 bits per heavy atom. The van der Waals surface area contributed by atoms with Crippen LogP contribution in [0.4, 0.5) is 0 Å². The van der Waals surface area contributed by atoms with Crippen LogP contribution in [0.15, 0.2) is 0 Å². The first kappa shape index (κ1) is 13.9. The van der Waals surface area contributed by atoms with Gasteiger partial charge in [0.25, 0.3) is 0 Å². The summed E-state index contributed by atoms with van der Waals surface area (Å²) in [6, 6.07) is 0.592. The highest BCUT2D eigenvalue weighted by atomic mass is 16.5. The molecule has 0 aromatic rings. The standard InChI is InChI=1S/C13H28N2O/c1-11(2)13(14-3)9-15(4)8-12-6-5-7-16-10-12/h11-14H,5-10H2,1-4H3. The van der Waals surface area contributed by atoms with Crippen molar-refractivity contribution in [2.75, 3.05) is 40.4 Å². The lowest BCUT2D eigenvalue weighted by molar-refractivity contribution is 0.0404. The van der Waals surface area contributed by atoms with Gasteiger partial charge >= 0.3 is 0 Å². The van der Waals surface area contributed by atoms with E-state index in [9.17, 15) is 0 Å². The van der Waals surface area contributed by atoms with Gasteiger partial charge in [0.05, 0.1) is 6.61 Å². The summed E-state index contributed by atoms with van der Waals surface area (Å²) in [6.07, 6.45) is 2.56. The minimum Gasteiger partial charge on any atom is -0.381 e. The van der Waals surface area contributed by atoms with E-state index in [1.807, 2.05) is 0 Å². The van der Waals surface area contributed by atoms with E-state index >= 15 is 0 Å². The number of ether oxygens (including phenoxy) is 1. The third-order valence-corrected chi connectivity index (χ3v) is 3.51. The molecule has 2 atom stereocenters. The Balaban J connectivity index is 2.25. The molecule has 0 aliphatic carbocycles. The molecule has 1 saturated heterocycles. The summed E-state index contributed by atoms with van der Waals surface area (Å²) >= 11 is 0. The third kappa shape index (κ3) is 4.81. The molecule has 0 aromatic carbocycles. The number of hydrogen-bond acceptors (Lipinski definition) is 3. The highest BCUT2D eigenvalue weighted by Crippen LogP contribution is 2.15. The summed E-state index contributed by atoms with van der Waals surface area (Å²) in [6.45, 7) is 8.77. The van der Waals surface area contributed by atoms with Gasteiger partial charge in [0.15, 0.2) is 0 Å². The molecule has 1 aliphatic rings. The van der Waals surface area contributed by atoms with Gasteiger partial charge in [-0.15, -0.1) is 0 Å². The van der Waals surface area contributed by atoms with Crippen LogP contribution >= 0.6 is 0 Å². The first-order valence-corrected chi connectivity index (χ1v) is 6.57. The van der Waals surface area contributed by atoms with Gasteiger partial charge in [0.1, 0.15) is 0 Å². The topological polar surface area (TPSA) is 24.5 Å². The van der Waals surface area contributed by atoms with Gasteiger partial charge in [-0.2, -0.15) is 0 Å². The quantitative estimate of drug-likeness (QED) is 0.747. The summed E-state index contributed by atoms with van der Waals surface area (Å²) < 4.78 is 5.52. The van der Waals surface area contributed by atoms with Gasteiger partial charge in [-0.05, 0) is 38.8 Å². The number of nitrogens with zero attached hydrogens (tertiary/aromatic N) is 1. The van der Waals surface area contributed by atoms with Gasteiger partial charge in [-0.3, -0.25) is 0 Å². The second kappa shape index (κ2) is 7.25. The Morgan fingerprint density at radius 2 is 2.19 bits per heavy atom. The third-order valence-electron chi connectivity index (χ3n) is 3.51. The van der Waals surface area contributed by atoms with E-state index < -0.39 is 0 Å². The first-order valence-electron chi connectivity index (χ1n) is 6.57. The Bertz CT molecular complexity index is 179.